The fourth-order valence-electron chi connectivity index (χ4n) is 2.32. The number of hydrogen-bond acceptors (Lipinski definition) is 3. The molecule has 1 aromatic carbocycles. The highest BCUT2D eigenvalue weighted by molar-refractivity contribution is 6.11. The first kappa shape index (κ1) is 15.2. The lowest BCUT2D eigenvalue weighted by atomic mass is 9.71. The molecule has 0 aliphatic rings. The maximum absolute atomic E-state index is 12.0. The quantitative estimate of drug-likeness (QED) is 0.582. The highest BCUT2D eigenvalue weighted by Gasteiger charge is 2.40. The molecule has 0 fully saturated rings. The Morgan fingerprint density at radius 3 is 1.95 bits per heavy atom. The molecule has 0 unspecified atom stereocenters. The summed E-state index contributed by atoms with van der Waals surface area (Å²) in [7, 11) is 3.89. The lowest BCUT2D eigenvalue weighted by molar-refractivity contribution is -0.132. The first-order chi connectivity index (χ1) is 8.86. The largest absolute Gasteiger partial charge is 0.378 e. The number of hydrogen-bond donors (Lipinski definition) is 0. The van der Waals surface area contributed by atoms with Crippen molar-refractivity contribution in [1.29, 1.82) is 0 Å². The minimum absolute atomic E-state index is 0.141. The number of carbonyl (C=O) groups is 2. The molecule has 0 aliphatic carbocycles. The van der Waals surface area contributed by atoms with E-state index in [4.69, 9.17) is 0 Å². The molecule has 0 aliphatic heterocycles. The number of rotatable bonds is 6. The van der Waals surface area contributed by atoms with Crippen molar-refractivity contribution in [2.45, 2.75) is 25.7 Å². The van der Waals surface area contributed by atoms with Crippen molar-refractivity contribution in [1.82, 2.24) is 0 Å². The van der Waals surface area contributed by atoms with Crippen LogP contribution in [0.5, 0.6) is 0 Å². The fourth-order valence-corrected chi connectivity index (χ4v) is 2.32. The Balaban J connectivity index is 3.36. The van der Waals surface area contributed by atoms with Gasteiger partial charge in [-0.1, -0.05) is 18.2 Å². The summed E-state index contributed by atoms with van der Waals surface area (Å²) in [5, 5.41) is 0. The lowest BCUT2D eigenvalue weighted by Gasteiger charge is -2.28. The summed E-state index contributed by atoms with van der Waals surface area (Å²) in [6.45, 7) is 6.60. The van der Waals surface area contributed by atoms with Crippen LogP contribution in [0.15, 0.2) is 36.9 Å². The molecule has 0 aromatic heterocycles. The molecule has 0 saturated heterocycles. The Kier molecular flexibility index (Phi) is 4.65. The highest BCUT2D eigenvalue weighted by Crippen LogP contribution is 2.32. The maximum atomic E-state index is 12.0. The van der Waals surface area contributed by atoms with Crippen LogP contribution in [-0.2, 0) is 15.0 Å². The number of nitrogens with zero attached hydrogens (tertiary/aromatic N) is 1. The Labute approximate surface area is 114 Å². The summed E-state index contributed by atoms with van der Waals surface area (Å²) < 4.78 is 0. The third-order valence-corrected chi connectivity index (χ3v) is 3.53. The van der Waals surface area contributed by atoms with Gasteiger partial charge in [-0.2, -0.15) is 0 Å². The topological polar surface area (TPSA) is 37.4 Å². The van der Waals surface area contributed by atoms with Crippen molar-refractivity contribution in [3.63, 3.8) is 0 Å². The molecule has 1 aromatic rings. The minimum atomic E-state index is -1.09. The van der Waals surface area contributed by atoms with Gasteiger partial charge in [0.15, 0.2) is 0 Å². The van der Waals surface area contributed by atoms with Gasteiger partial charge in [-0.15, -0.1) is 6.58 Å². The molecule has 0 heterocycles. The molecule has 0 N–H and O–H groups in total. The zero-order valence-electron chi connectivity index (χ0n) is 12.1. The van der Waals surface area contributed by atoms with E-state index in [9.17, 15) is 9.59 Å². The van der Waals surface area contributed by atoms with E-state index in [-0.39, 0.29) is 11.6 Å². The average Bonchev–Trinajstić information content (AvgIpc) is 2.35. The summed E-state index contributed by atoms with van der Waals surface area (Å²) in [5.41, 5.74) is 0.674. The van der Waals surface area contributed by atoms with Crippen molar-refractivity contribution in [3.05, 3.63) is 42.5 Å². The van der Waals surface area contributed by atoms with Gasteiger partial charge in [0.2, 0.25) is 0 Å². The summed E-state index contributed by atoms with van der Waals surface area (Å²) in [6.07, 6.45) is 1.96. The minimum Gasteiger partial charge on any atom is -0.378 e. The van der Waals surface area contributed by atoms with E-state index in [1.54, 1.807) is 6.08 Å². The number of Topliss-reactive ketones (excluding diaryl/α,β-unsaturated/α-hetero) is 2. The van der Waals surface area contributed by atoms with Gasteiger partial charge in [-0.3, -0.25) is 9.59 Å². The Hall–Kier alpha value is -1.90. The smallest absolute Gasteiger partial charge is 0.148 e. The van der Waals surface area contributed by atoms with E-state index in [1.165, 1.54) is 13.8 Å². The second-order valence-corrected chi connectivity index (χ2v) is 4.95. The zero-order valence-corrected chi connectivity index (χ0v) is 12.1. The molecule has 0 atom stereocenters. The van der Waals surface area contributed by atoms with Crippen molar-refractivity contribution >= 4 is 17.3 Å². The van der Waals surface area contributed by atoms with E-state index in [0.29, 0.717) is 6.42 Å². The molecular weight excluding hydrogens is 238 g/mol. The third-order valence-electron chi connectivity index (χ3n) is 3.53. The van der Waals surface area contributed by atoms with Crippen LogP contribution in [-0.4, -0.2) is 25.7 Å². The zero-order chi connectivity index (χ0) is 14.6. The predicted octanol–water partition coefficient (Wildman–Crippen LogP) is 2.74. The Morgan fingerprint density at radius 2 is 1.63 bits per heavy atom. The summed E-state index contributed by atoms with van der Waals surface area (Å²) in [5.74, 6) is -0.282. The SMILES string of the molecule is C=CCC(C(C)=O)(C(C)=O)c1ccc(N(C)C)cc1. The fraction of sp³-hybridized carbons (Fsp3) is 0.375. The van der Waals surface area contributed by atoms with Crippen LogP contribution >= 0.6 is 0 Å². The molecule has 0 bridgehead atoms. The van der Waals surface area contributed by atoms with E-state index >= 15 is 0 Å². The second-order valence-electron chi connectivity index (χ2n) is 4.95. The van der Waals surface area contributed by atoms with Crippen molar-refractivity contribution in [2.75, 3.05) is 19.0 Å². The Bertz CT molecular complexity index is 472. The van der Waals surface area contributed by atoms with Crippen LogP contribution in [0.2, 0.25) is 0 Å². The van der Waals surface area contributed by atoms with E-state index in [0.717, 1.165) is 11.3 Å². The van der Waals surface area contributed by atoms with Crippen LogP contribution in [0.1, 0.15) is 25.8 Å². The van der Waals surface area contributed by atoms with Gasteiger partial charge in [0.05, 0.1) is 0 Å². The van der Waals surface area contributed by atoms with E-state index < -0.39 is 5.41 Å². The number of anilines is 1. The van der Waals surface area contributed by atoms with Gasteiger partial charge >= 0.3 is 0 Å². The van der Waals surface area contributed by atoms with Gasteiger partial charge in [-0.05, 0) is 38.0 Å². The summed E-state index contributed by atoms with van der Waals surface area (Å²) in [6, 6.07) is 7.53. The lowest BCUT2D eigenvalue weighted by Crippen LogP contribution is -2.40. The van der Waals surface area contributed by atoms with Crippen molar-refractivity contribution in [3.8, 4) is 0 Å². The molecule has 1 rings (SSSR count). The molecule has 19 heavy (non-hydrogen) atoms. The summed E-state index contributed by atoms with van der Waals surface area (Å²) >= 11 is 0. The van der Waals surface area contributed by atoms with E-state index in [1.807, 2.05) is 43.3 Å². The molecular formula is C16H21NO2. The van der Waals surface area contributed by atoms with Crippen LogP contribution in [0.3, 0.4) is 0 Å². The standard InChI is InChI=1S/C16H21NO2/c1-6-11-16(12(2)18,13(3)19)14-7-9-15(10-8-14)17(4)5/h6-10H,1,11H2,2-5H3. The van der Waals surface area contributed by atoms with Gasteiger partial charge in [0.25, 0.3) is 0 Å². The predicted molar refractivity (Wildman–Crippen MR) is 78.6 cm³/mol. The molecule has 102 valence electrons. The molecule has 3 heteroatoms. The van der Waals surface area contributed by atoms with Crippen molar-refractivity contribution in [2.24, 2.45) is 0 Å². The number of carbonyl (C=O) groups excluding carboxylic acids is 2. The first-order valence-electron chi connectivity index (χ1n) is 6.27. The van der Waals surface area contributed by atoms with Gasteiger partial charge < -0.3 is 4.90 Å². The first-order valence-corrected chi connectivity index (χ1v) is 6.27. The Morgan fingerprint density at radius 1 is 1.16 bits per heavy atom. The number of ketones is 2. The monoisotopic (exact) mass is 259 g/mol. The van der Waals surface area contributed by atoms with Gasteiger partial charge in [-0.25, -0.2) is 0 Å². The molecule has 0 amide bonds. The molecule has 3 nitrogen and oxygen atoms in total. The molecule has 0 saturated carbocycles. The second kappa shape index (κ2) is 5.83. The summed E-state index contributed by atoms with van der Waals surface area (Å²) in [4.78, 5) is 26.0. The maximum Gasteiger partial charge on any atom is 0.148 e. The van der Waals surface area contributed by atoms with Crippen LogP contribution in [0.4, 0.5) is 5.69 Å². The number of benzene rings is 1. The average molecular weight is 259 g/mol. The highest BCUT2D eigenvalue weighted by atomic mass is 16.2. The third kappa shape index (κ3) is 2.75. The molecule has 0 radical (unpaired) electrons. The van der Waals surface area contributed by atoms with Gasteiger partial charge in [0, 0.05) is 19.8 Å². The van der Waals surface area contributed by atoms with Crippen LogP contribution in [0.25, 0.3) is 0 Å². The number of allylic oxidation sites excluding steroid dienone is 1. The van der Waals surface area contributed by atoms with Crippen molar-refractivity contribution < 1.29 is 9.59 Å². The van der Waals surface area contributed by atoms with E-state index in [2.05, 4.69) is 6.58 Å². The van der Waals surface area contributed by atoms with Crippen LogP contribution in [0, 0.1) is 0 Å². The van der Waals surface area contributed by atoms with Crippen LogP contribution < -0.4 is 4.90 Å². The van der Waals surface area contributed by atoms with Gasteiger partial charge in [0.1, 0.15) is 17.0 Å². The molecule has 0 spiro atoms. The normalized spacial score (nSPS) is 10.9.